The van der Waals surface area contributed by atoms with Gasteiger partial charge in [-0.15, -0.1) is 0 Å². The van der Waals surface area contributed by atoms with E-state index >= 15 is 0 Å². The number of phenols is 3. The molecular weight excluding hydrogens is 328 g/mol. The van der Waals surface area contributed by atoms with Crippen LogP contribution in [-0.4, -0.2) is 15.3 Å². The molecule has 0 aromatic heterocycles. The van der Waals surface area contributed by atoms with Crippen LogP contribution in [-0.2, 0) is 13.1 Å². The second-order valence-corrected chi connectivity index (χ2v) is 6.17. The summed E-state index contributed by atoms with van der Waals surface area (Å²) in [4.78, 5) is 0. The molecule has 0 heterocycles. The first-order valence-corrected chi connectivity index (χ1v) is 8.39. The number of hydrogen-bond donors (Lipinski definition) is 5. The molecule has 0 aliphatic carbocycles. The van der Waals surface area contributed by atoms with Gasteiger partial charge < -0.3 is 26.0 Å². The van der Waals surface area contributed by atoms with Crippen LogP contribution in [0.1, 0.15) is 16.7 Å². The third-order valence-corrected chi connectivity index (χ3v) is 4.16. The first kappa shape index (κ1) is 17.5. The van der Waals surface area contributed by atoms with E-state index in [0.29, 0.717) is 24.5 Å². The molecule has 0 amide bonds. The van der Waals surface area contributed by atoms with E-state index in [-0.39, 0.29) is 17.2 Å². The Morgan fingerprint density at radius 3 is 1.54 bits per heavy atom. The van der Waals surface area contributed by atoms with Gasteiger partial charge in [-0.1, -0.05) is 42.0 Å². The number of anilines is 2. The summed E-state index contributed by atoms with van der Waals surface area (Å²) in [5, 5.41) is 36.6. The van der Waals surface area contributed by atoms with E-state index in [9.17, 15) is 15.3 Å². The van der Waals surface area contributed by atoms with Gasteiger partial charge in [-0.2, -0.15) is 0 Å². The highest BCUT2D eigenvalue weighted by atomic mass is 16.3. The summed E-state index contributed by atoms with van der Waals surface area (Å²) in [6, 6.07) is 17.8. The molecule has 5 heteroatoms. The van der Waals surface area contributed by atoms with Crippen LogP contribution in [0.2, 0.25) is 0 Å². The minimum Gasteiger partial charge on any atom is -0.507 e. The van der Waals surface area contributed by atoms with Crippen LogP contribution in [0.25, 0.3) is 0 Å². The highest BCUT2D eigenvalue weighted by Crippen LogP contribution is 2.29. The summed E-state index contributed by atoms with van der Waals surface area (Å²) in [6.07, 6.45) is 0. The predicted octanol–water partition coefficient (Wildman–Crippen LogP) is 4.34. The number of phenolic OH excluding ortho intramolecular Hbond substituents is 3. The van der Waals surface area contributed by atoms with Gasteiger partial charge in [-0.3, -0.25) is 0 Å². The van der Waals surface area contributed by atoms with Crippen molar-refractivity contribution in [3.05, 3.63) is 77.4 Å². The number of benzene rings is 3. The standard InChI is InChI=1S/C21H22N2O3/c1-14-10-15(12-22-17-6-2-4-8-19(17)24)21(26)16(11-14)13-23-18-7-3-5-9-20(18)25/h2-11,22-26H,12-13H2,1H3. The summed E-state index contributed by atoms with van der Waals surface area (Å²) >= 11 is 0. The topological polar surface area (TPSA) is 84.8 Å². The lowest BCUT2D eigenvalue weighted by Gasteiger charge is -2.15. The van der Waals surface area contributed by atoms with Crippen LogP contribution in [0.3, 0.4) is 0 Å². The number of aromatic hydroxyl groups is 3. The van der Waals surface area contributed by atoms with E-state index in [1.807, 2.05) is 31.2 Å². The molecule has 3 aromatic rings. The zero-order valence-electron chi connectivity index (χ0n) is 14.5. The summed E-state index contributed by atoms with van der Waals surface area (Å²) in [5.74, 6) is 0.531. The lowest BCUT2D eigenvalue weighted by Crippen LogP contribution is -2.05. The fourth-order valence-electron chi connectivity index (χ4n) is 2.83. The number of aryl methyl sites for hydroxylation is 1. The quantitative estimate of drug-likeness (QED) is 0.427. The molecular formula is C21H22N2O3. The monoisotopic (exact) mass is 350 g/mol. The third kappa shape index (κ3) is 4.00. The Labute approximate surface area is 152 Å². The maximum absolute atomic E-state index is 10.6. The molecule has 0 radical (unpaired) electrons. The summed E-state index contributed by atoms with van der Waals surface area (Å²) < 4.78 is 0. The van der Waals surface area contributed by atoms with Crippen LogP contribution in [0.15, 0.2) is 60.7 Å². The van der Waals surface area contributed by atoms with Crippen LogP contribution < -0.4 is 10.6 Å². The minimum absolute atomic E-state index is 0.168. The molecule has 0 saturated heterocycles. The molecule has 3 aromatic carbocycles. The van der Waals surface area contributed by atoms with E-state index in [1.165, 1.54) is 0 Å². The summed E-state index contributed by atoms with van der Waals surface area (Å²) in [6.45, 7) is 2.73. The number of hydrogen-bond acceptors (Lipinski definition) is 5. The maximum atomic E-state index is 10.6. The Morgan fingerprint density at radius 2 is 1.12 bits per heavy atom. The van der Waals surface area contributed by atoms with Crippen molar-refractivity contribution in [2.75, 3.05) is 10.6 Å². The third-order valence-electron chi connectivity index (χ3n) is 4.16. The predicted molar refractivity (Wildman–Crippen MR) is 104 cm³/mol. The molecule has 0 aliphatic rings. The fourth-order valence-corrected chi connectivity index (χ4v) is 2.83. The molecule has 0 saturated carbocycles. The van der Waals surface area contributed by atoms with Crippen LogP contribution in [0.4, 0.5) is 11.4 Å². The van der Waals surface area contributed by atoms with Crippen LogP contribution in [0, 0.1) is 6.92 Å². The first-order chi connectivity index (χ1) is 12.5. The Hall–Kier alpha value is -3.34. The van der Waals surface area contributed by atoms with Gasteiger partial charge in [0.15, 0.2) is 0 Å². The molecule has 26 heavy (non-hydrogen) atoms. The van der Waals surface area contributed by atoms with Crippen molar-refractivity contribution in [1.82, 2.24) is 0 Å². The van der Waals surface area contributed by atoms with E-state index < -0.39 is 0 Å². The zero-order chi connectivity index (χ0) is 18.5. The lowest BCUT2D eigenvalue weighted by atomic mass is 10.0. The molecule has 134 valence electrons. The van der Waals surface area contributed by atoms with E-state index in [0.717, 1.165) is 16.7 Å². The maximum Gasteiger partial charge on any atom is 0.138 e. The zero-order valence-corrected chi connectivity index (χ0v) is 14.5. The first-order valence-electron chi connectivity index (χ1n) is 8.39. The van der Waals surface area contributed by atoms with Crippen molar-refractivity contribution in [2.24, 2.45) is 0 Å². The van der Waals surface area contributed by atoms with Crippen molar-refractivity contribution >= 4 is 11.4 Å². The van der Waals surface area contributed by atoms with Gasteiger partial charge in [0.2, 0.25) is 0 Å². The lowest BCUT2D eigenvalue weighted by molar-refractivity contribution is 0.461. The molecule has 0 fully saturated rings. The average Bonchev–Trinajstić information content (AvgIpc) is 2.63. The van der Waals surface area contributed by atoms with Crippen molar-refractivity contribution < 1.29 is 15.3 Å². The van der Waals surface area contributed by atoms with E-state index in [2.05, 4.69) is 10.6 Å². The smallest absolute Gasteiger partial charge is 0.138 e. The van der Waals surface area contributed by atoms with Gasteiger partial charge in [-0.05, 0) is 31.2 Å². The Bertz CT molecular complexity index is 839. The molecule has 0 bridgehead atoms. The second kappa shape index (κ2) is 7.70. The molecule has 3 rings (SSSR count). The van der Waals surface area contributed by atoms with Crippen molar-refractivity contribution in [2.45, 2.75) is 20.0 Å². The average molecular weight is 350 g/mol. The molecule has 0 atom stereocenters. The molecule has 5 nitrogen and oxygen atoms in total. The van der Waals surface area contributed by atoms with Crippen LogP contribution >= 0.6 is 0 Å². The van der Waals surface area contributed by atoms with Gasteiger partial charge in [0.05, 0.1) is 11.4 Å². The number of rotatable bonds is 6. The van der Waals surface area contributed by atoms with E-state index in [4.69, 9.17) is 0 Å². The Balaban J connectivity index is 1.76. The van der Waals surface area contributed by atoms with Gasteiger partial charge in [0, 0.05) is 24.2 Å². The Morgan fingerprint density at radius 1 is 0.692 bits per heavy atom. The largest absolute Gasteiger partial charge is 0.507 e. The molecule has 0 aliphatic heterocycles. The molecule has 0 spiro atoms. The van der Waals surface area contributed by atoms with Gasteiger partial charge >= 0.3 is 0 Å². The second-order valence-electron chi connectivity index (χ2n) is 6.17. The van der Waals surface area contributed by atoms with Crippen molar-refractivity contribution in [3.8, 4) is 17.2 Å². The minimum atomic E-state index is 0.168. The fraction of sp³-hybridized carbons (Fsp3) is 0.143. The number of para-hydroxylation sites is 4. The highest BCUT2D eigenvalue weighted by Gasteiger charge is 2.10. The van der Waals surface area contributed by atoms with Crippen molar-refractivity contribution in [1.29, 1.82) is 0 Å². The van der Waals surface area contributed by atoms with Gasteiger partial charge in [0.25, 0.3) is 0 Å². The van der Waals surface area contributed by atoms with Crippen LogP contribution in [0.5, 0.6) is 17.2 Å². The Kier molecular flexibility index (Phi) is 5.17. The highest BCUT2D eigenvalue weighted by molar-refractivity contribution is 5.58. The van der Waals surface area contributed by atoms with E-state index in [1.54, 1.807) is 36.4 Å². The SMILES string of the molecule is Cc1cc(CNc2ccccc2O)c(O)c(CNc2ccccc2O)c1. The van der Waals surface area contributed by atoms with Gasteiger partial charge in [-0.25, -0.2) is 0 Å². The summed E-state index contributed by atoms with van der Waals surface area (Å²) in [5.41, 5.74) is 3.72. The van der Waals surface area contributed by atoms with Crippen molar-refractivity contribution in [3.63, 3.8) is 0 Å². The normalized spacial score (nSPS) is 10.5. The molecule has 0 unspecified atom stereocenters. The summed E-state index contributed by atoms with van der Waals surface area (Å²) in [7, 11) is 0. The number of nitrogens with one attached hydrogen (secondary N) is 2. The molecule has 5 N–H and O–H groups in total. The van der Waals surface area contributed by atoms with Gasteiger partial charge in [0.1, 0.15) is 17.2 Å².